The summed E-state index contributed by atoms with van der Waals surface area (Å²) < 4.78 is 2.00. The Morgan fingerprint density at radius 1 is 1.25 bits per heavy atom. The Hall–Kier alpha value is -2.96. The second-order valence-corrected chi connectivity index (χ2v) is 5.75. The number of hydrogen-bond donors (Lipinski definition) is 1. The maximum atomic E-state index is 12.2. The molecule has 24 heavy (non-hydrogen) atoms. The van der Waals surface area contributed by atoms with Gasteiger partial charge in [-0.2, -0.15) is 0 Å². The summed E-state index contributed by atoms with van der Waals surface area (Å²) in [7, 11) is 1.62. The Bertz CT molecular complexity index is 875. The van der Waals surface area contributed by atoms with Crippen LogP contribution in [0.25, 0.3) is 5.52 Å². The average Bonchev–Trinajstić information content (AvgIpc) is 3.26. The minimum atomic E-state index is -0.176. The number of fused-ring (bicyclic) bond motifs is 1. The molecular weight excluding hydrogens is 304 g/mol. The van der Waals surface area contributed by atoms with Crippen molar-refractivity contribution in [2.24, 2.45) is 0 Å². The Balaban J connectivity index is 1.82. The smallest absolute Gasteiger partial charge is 0.271 e. The zero-order valence-corrected chi connectivity index (χ0v) is 13.4. The number of aromatic nitrogens is 4. The molecule has 0 saturated carbocycles. The van der Waals surface area contributed by atoms with Crippen LogP contribution in [0.3, 0.4) is 0 Å². The zero-order valence-electron chi connectivity index (χ0n) is 13.4. The van der Waals surface area contributed by atoms with E-state index in [2.05, 4.69) is 25.2 Å². The van der Waals surface area contributed by atoms with Gasteiger partial charge in [0, 0.05) is 32.2 Å². The molecule has 4 heterocycles. The molecule has 122 valence electrons. The van der Waals surface area contributed by atoms with Crippen LogP contribution in [0.4, 0.5) is 5.95 Å². The summed E-state index contributed by atoms with van der Waals surface area (Å²) in [5.74, 6) is 1.38. The topological polar surface area (TPSA) is 75.4 Å². The van der Waals surface area contributed by atoms with E-state index >= 15 is 0 Å². The van der Waals surface area contributed by atoms with Gasteiger partial charge < -0.3 is 14.6 Å². The van der Waals surface area contributed by atoms with Gasteiger partial charge in [0.2, 0.25) is 5.95 Å². The summed E-state index contributed by atoms with van der Waals surface area (Å²) in [6.07, 6.45) is 7.45. The number of nitrogens with zero attached hydrogens (tertiary/aromatic N) is 5. The van der Waals surface area contributed by atoms with Gasteiger partial charge in [0.15, 0.2) is 5.69 Å². The van der Waals surface area contributed by atoms with E-state index in [1.54, 1.807) is 19.4 Å². The number of amides is 1. The molecule has 3 aromatic rings. The highest BCUT2D eigenvalue weighted by Gasteiger charge is 2.32. The first-order valence-electron chi connectivity index (χ1n) is 8.02. The molecule has 1 aliphatic rings. The number of carbonyl (C=O) groups excluding carboxylic acids is 1. The van der Waals surface area contributed by atoms with Crippen LogP contribution in [0.1, 0.15) is 35.2 Å². The van der Waals surface area contributed by atoms with Crippen LogP contribution >= 0.6 is 0 Å². The molecule has 4 rings (SSSR count). The lowest BCUT2D eigenvalue weighted by Gasteiger charge is -2.23. The van der Waals surface area contributed by atoms with Crippen molar-refractivity contribution in [2.45, 2.75) is 18.9 Å². The highest BCUT2D eigenvalue weighted by molar-refractivity contribution is 5.99. The van der Waals surface area contributed by atoms with Gasteiger partial charge in [-0.3, -0.25) is 4.79 Å². The quantitative estimate of drug-likeness (QED) is 0.796. The molecule has 1 aliphatic heterocycles. The Morgan fingerprint density at radius 3 is 2.88 bits per heavy atom. The van der Waals surface area contributed by atoms with Gasteiger partial charge in [0.25, 0.3) is 5.91 Å². The summed E-state index contributed by atoms with van der Waals surface area (Å²) in [6, 6.07) is 7.65. The van der Waals surface area contributed by atoms with Crippen molar-refractivity contribution in [2.75, 3.05) is 18.5 Å². The molecule has 3 aromatic heterocycles. The van der Waals surface area contributed by atoms with Crippen LogP contribution in [0.5, 0.6) is 0 Å². The Morgan fingerprint density at radius 2 is 2.08 bits per heavy atom. The van der Waals surface area contributed by atoms with Crippen LogP contribution in [0.2, 0.25) is 0 Å². The molecule has 0 aliphatic carbocycles. The van der Waals surface area contributed by atoms with E-state index in [1.807, 2.05) is 34.9 Å². The highest BCUT2D eigenvalue weighted by Crippen LogP contribution is 2.34. The molecule has 1 amide bonds. The molecule has 1 fully saturated rings. The number of imidazole rings is 1. The summed E-state index contributed by atoms with van der Waals surface area (Å²) in [5, 5.41) is 2.67. The molecule has 7 nitrogen and oxygen atoms in total. The van der Waals surface area contributed by atoms with E-state index in [0.29, 0.717) is 11.6 Å². The molecule has 1 atom stereocenters. The lowest BCUT2D eigenvalue weighted by molar-refractivity contribution is 0.0960. The predicted molar refractivity (Wildman–Crippen MR) is 89.9 cm³/mol. The second kappa shape index (κ2) is 5.92. The van der Waals surface area contributed by atoms with E-state index in [9.17, 15) is 4.79 Å². The summed E-state index contributed by atoms with van der Waals surface area (Å²) >= 11 is 0. The fraction of sp³-hybridized carbons (Fsp3) is 0.294. The maximum Gasteiger partial charge on any atom is 0.271 e. The van der Waals surface area contributed by atoms with Gasteiger partial charge in [-0.15, -0.1) is 0 Å². The SMILES string of the molecule is CNC(=O)c1nc([C@@H]2CCCN2c2ncccn2)n2ccccc12. The Kier molecular flexibility index (Phi) is 3.60. The van der Waals surface area contributed by atoms with E-state index in [1.165, 1.54) is 0 Å². The minimum Gasteiger partial charge on any atom is -0.354 e. The van der Waals surface area contributed by atoms with Crippen LogP contribution in [0, 0.1) is 0 Å². The fourth-order valence-corrected chi connectivity index (χ4v) is 3.30. The average molecular weight is 322 g/mol. The Labute approximate surface area is 139 Å². The minimum absolute atomic E-state index is 0.0562. The van der Waals surface area contributed by atoms with Crippen LogP contribution < -0.4 is 10.2 Å². The third-order valence-electron chi connectivity index (χ3n) is 4.38. The summed E-state index contributed by atoms with van der Waals surface area (Å²) in [6.45, 7) is 0.881. The van der Waals surface area contributed by atoms with Gasteiger partial charge in [0.05, 0.1) is 11.6 Å². The lowest BCUT2D eigenvalue weighted by Crippen LogP contribution is -2.26. The first-order valence-corrected chi connectivity index (χ1v) is 8.02. The number of pyridine rings is 1. The van der Waals surface area contributed by atoms with Crippen molar-refractivity contribution in [3.8, 4) is 0 Å². The molecule has 0 radical (unpaired) electrons. The highest BCUT2D eigenvalue weighted by atomic mass is 16.1. The van der Waals surface area contributed by atoms with Crippen molar-refractivity contribution >= 4 is 17.4 Å². The second-order valence-electron chi connectivity index (χ2n) is 5.75. The van der Waals surface area contributed by atoms with Crippen LogP contribution in [-0.2, 0) is 0 Å². The van der Waals surface area contributed by atoms with Crippen LogP contribution in [-0.4, -0.2) is 38.9 Å². The zero-order chi connectivity index (χ0) is 16.5. The summed E-state index contributed by atoms with van der Waals surface area (Å²) in [5.41, 5.74) is 1.27. The van der Waals surface area contributed by atoms with Crippen molar-refractivity contribution in [1.82, 2.24) is 24.7 Å². The largest absolute Gasteiger partial charge is 0.354 e. The van der Waals surface area contributed by atoms with Gasteiger partial charge in [-0.05, 0) is 31.0 Å². The molecule has 7 heteroatoms. The molecule has 0 aromatic carbocycles. The van der Waals surface area contributed by atoms with Crippen molar-refractivity contribution < 1.29 is 4.79 Å². The van der Waals surface area contributed by atoms with E-state index in [-0.39, 0.29) is 11.9 Å². The molecule has 0 unspecified atom stereocenters. The number of nitrogens with one attached hydrogen (secondary N) is 1. The number of carbonyl (C=O) groups is 1. The van der Waals surface area contributed by atoms with E-state index < -0.39 is 0 Å². The molecule has 0 bridgehead atoms. The van der Waals surface area contributed by atoms with Crippen LogP contribution in [0.15, 0.2) is 42.9 Å². The third-order valence-corrected chi connectivity index (χ3v) is 4.38. The molecule has 1 saturated heterocycles. The number of anilines is 1. The van der Waals surface area contributed by atoms with Gasteiger partial charge in [-0.1, -0.05) is 6.07 Å². The maximum absolute atomic E-state index is 12.2. The standard InChI is InChI=1S/C17H18N6O/c1-18-16(24)14-12-6-2-3-10-22(12)15(21-14)13-7-4-11-23(13)17-19-8-5-9-20-17/h2-3,5-6,8-10,13H,4,7,11H2,1H3,(H,18,24)/t13-/m0/s1. The first-order chi connectivity index (χ1) is 11.8. The van der Waals surface area contributed by atoms with E-state index in [4.69, 9.17) is 0 Å². The number of rotatable bonds is 3. The van der Waals surface area contributed by atoms with E-state index in [0.717, 1.165) is 30.7 Å². The van der Waals surface area contributed by atoms with Gasteiger partial charge in [0.1, 0.15) is 5.82 Å². The van der Waals surface area contributed by atoms with Crippen molar-refractivity contribution in [3.05, 3.63) is 54.4 Å². The summed E-state index contributed by atoms with van der Waals surface area (Å²) in [4.78, 5) is 27.8. The molecular formula is C17H18N6O. The number of hydrogen-bond acceptors (Lipinski definition) is 5. The van der Waals surface area contributed by atoms with Gasteiger partial charge in [-0.25, -0.2) is 15.0 Å². The lowest BCUT2D eigenvalue weighted by atomic mass is 10.2. The first kappa shape index (κ1) is 14.6. The molecule has 0 spiro atoms. The molecule has 1 N–H and O–H groups in total. The predicted octanol–water partition coefficient (Wildman–Crippen LogP) is 1.83. The van der Waals surface area contributed by atoms with Gasteiger partial charge >= 0.3 is 0 Å². The third kappa shape index (κ3) is 2.29. The normalized spacial score (nSPS) is 17.4. The monoisotopic (exact) mass is 322 g/mol. The fourth-order valence-electron chi connectivity index (χ4n) is 3.30. The van der Waals surface area contributed by atoms with Crippen molar-refractivity contribution in [3.63, 3.8) is 0 Å². The van der Waals surface area contributed by atoms with Crippen molar-refractivity contribution in [1.29, 1.82) is 0 Å².